The van der Waals surface area contributed by atoms with Gasteiger partial charge in [0.25, 0.3) is 5.56 Å². The lowest BCUT2D eigenvalue weighted by Crippen LogP contribution is -2.45. The Hall–Kier alpha value is -1.98. The molecule has 0 aliphatic carbocycles. The fraction of sp³-hybridized carbons (Fsp3) is 0.571. The summed E-state index contributed by atoms with van der Waals surface area (Å²) >= 11 is 0. The number of hydrogen-bond donors (Lipinski definition) is 2. The monoisotopic (exact) mass is 279 g/mol. The number of aromatic nitrogens is 1. The second-order valence-electron chi connectivity index (χ2n) is 5.74. The average molecular weight is 279 g/mol. The van der Waals surface area contributed by atoms with Gasteiger partial charge in [0, 0.05) is 32.7 Å². The molecule has 0 atom stereocenters. The number of carboxylic acid groups (broad SMARTS) is 1. The van der Waals surface area contributed by atoms with E-state index < -0.39 is 6.09 Å². The highest BCUT2D eigenvalue weighted by molar-refractivity contribution is 5.64. The molecular formula is C14H21N3O3. The van der Waals surface area contributed by atoms with Crippen LogP contribution in [0.4, 0.5) is 10.6 Å². The number of carbonyl (C=O) groups is 1. The van der Waals surface area contributed by atoms with Crippen LogP contribution in [-0.2, 0) is 7.05 Å². The van der Waals surface area contributed by atoms with E-state index in [1.54, 1.807) is 23.7 Å². The van der Waals surface area contributed by atoms with Crippen LogP contribution in [0, 0.1) is 5.41 Å². The van der Waals surface area contributed by atoms with Gasteiger partial charge in [0.15, 0.2) is 0 Å². The van der Waals surface area contributed by atoms with Crippen LogP contribution in [0.5, 0.6) is 0 Å². The largest absolute Gasteiger partial charge is 0.465 e. The zero-order chi connectivity index (χ0) is 14.8. The van der Waals surface area contributed by atoms with Crippen LogP contribution >= 0.6 is 0 Å². The van der Waals surface area contributed by atoms with Crippen molar-refractivity contribution >= 4 is 11.9 Å². The molecule has 6 heteroatoms. The van der Waals surface area contributed by atoms with E-state index in [2.05, 4.69) is 17.1 Å². The third kappa shape index (κ3) is 3.12. The van der Waals surface area contributed by atoms with Gasteiger partial charge in [-0.05, 0) is 24.3 Å². The van der Waals surface area contributed by atoms with Crippen LogP contribution in [0.3, 0.4) is 0 Å². The standard InChI is InChI=1S/C14H21N3O3/c1-14(10-15-13(19)20)6-8-17(9-7-14)11-4-3-5-12(18)16(11)2/h3-5,15H,6-10H2,1-2H3,(H,19,20). The predicted molar refractivity (Wildman–Crippen MR) is 77.3 cm³/mol. The molecule has 0 unspecified atom stereocenters. The van der Waals surface area contributed by atoms with E-state index in [1.165, 1.54) is 0 Å². The molecule has 110 valence electrons. The van der Waals surface area contributed by atoms with Gasteiger partial charge in [-0.15, -0.1) is 0 Å². The summed E-state index contributed by atoms with van der Waals surface area (Å²) in [5.41, 5.74) is -0.0221. The molecule has 0 bridgehead atoms. The van der Waals surface area contributed by atoms with Crippen LogP contribution in [0.1, 0.15) is 19.8 Å². The minimum absolute atomic E-state index is 0.0108. The molecule has 2 N–H and O–H groups in total. The number of piperidine rings is 1. The summed E-state index contributed by atoms with van der Waals surface area (Å²) in [6, 6.07) is 5.27. The molecule has 1 fully saturated rings. The lowest BCUT2D eigenvalue weighted by molar-refractivity contribution is 0.178. The Morgan fingerprint density at radius 1 is 1.40 bits per heavy atom. The van der Waals surface area contributed by atoms with Crippen molar-refractivity contribution in [2.45, 2.75) is 19.8 Å². The number of pyridine rings is 1. The van der Waals surface area contributed by atoms with Gasteiger partial charge in [0.2, 0.25) is 0 Å². The summed E-state index contributed by atoms with van der Waals surface area (Å²) in [7, 11) is 1.78. The van der Waals surface area contributed by atoms with Crippen LogP contribution < -0.4 is 15.8 Å². The summed E-state index contributed by atoms with van der Waals surface area (Å²) in [4.78, 5) is 24.4. The van der Waals surface area contributed by atoms with E-state index >= 15 is 0 Å². The van der Waals surface area contributed by atoms with Crippen molar-refractivity contribution in [2.24, 2.45) is 12.5 Å². The summed E-state index contributed by atoms with van der Waals surface area (Å²) < 4.78 is 1.65. The zero-order valence-corrected chi connectivity index (χ0v) is 11.9. The maximum atomic E-state index is 11.6. The first-order chi connectivity index (χ1) is 9.41. The molecule has 1 saturated heterocycles. The van der Waals surface area contributed by atoms with E-state index in [9.17, 15) is 9.59 Å². The molecule has 1 aliphatic heterocycles. The van der Waals surface area contributed by atoms with Gasteiger partial charge in [0.1, 0.15) is 5.82 Å². The minimum atomic E-state index is -0.973. The molecule has 0 aromatic carbocycles. The maximum Gasteiger partial charge on any atom is 0.404 e. The molecule has 1 aliphatic rings. The van der Waals surface area contributed by atoms with Gasteiger partial charge in [0.05, 0.1) is 0 Å². The molecule has 6 nitrogen and oxygen atoms in total. The van der Waals surface area contributed by atoms with Crippen LogP contribution in [0.2, 0.25) is 0 Å². The Morgan fingerprint density at radius 2 is 2.05 bits per heavy atom. The van der Waals surface area contributed by atoms with Crippen molar-refractivity contribution in [1.29, 1.82) is 0 Å². The van der Waals surface area contributed by atoms with Crippen molar-refractivity contribution in [3.05, 3.63) is 28.6 Å². The first kappa shape index (κ1) is 14.4. The molecule has 1 aromatic rings. The highest BCUT2D eigenvalue weighted by Gasteiger charge is 2.31. The molecule has 2 heterocycles. The second kappa shape index (κ2) is 5.56. The molecule has 0 saturated carbocycles. The molecule has 0 spiro atoms. The van der Waals surface area contributed by atoms with Gasteiger partial charge < -0.3 is 15.3 Å². The number of rotatable bonds is 3. The zero-order valence-electron chi connectivity index (χ0n) is 11.9. The fourth-order valence-electron chi connectivity index (χ4n) is 2.61. The summed E-state index contributed by atoms with van der Waals surface area (Å²) in [5, 5.41) is 11.2. The Balaban J connectivity index is 2.02. The normalized spacial score (nSPS) is 17.8. The Bertz CT molecular complexity index is 545. The van der Waals surface area contributed by atoms with Gasteiger partial charge in [-0.2, -0.15) is 0 Å². The predicted octanol–water partition coefficient (Wildman–Crippen LogP) is 1.26. The highest BCUT2D eigenvalue weighted by Crippen LogP contribution is 2.31. The average Bonchev–Trinajstić information content (AvgIpc) is 2.41. The van der Waals surface area contributed by atoms with E-state index in [-0.39, 0.29) is 11.0 Å². The Labute approximate surface area is 118 Å². The highest BCUT2D eigenvalue weighted by atomic mass is 16.4. The van der Waals surface area contributed by atoms with Crippen LogP contribution in [-0.4, -0.2) is 35.4 Å². The SMILES string of the molecule is Cn1c(N2CCC(C)(CNC(=O)O)CC2)cccc1=O. The lowest BCUT2D eigenvalue weighted by atomic mass is 9.80. The number of anilines is 1. The Kier molecular flexibility index (Phi) is 4.01. The van der Waals surface area contributed by atoms with Gasteiger partial charge >= 0.3 is 6.09 Å². The minimum Gasteiger partial charge on any atom is -0.465 e. The van der Waals surface area contributed by atoms with Crippen molar-refractivity contribution in [1.82, 2.24) is 9.88 Å². The topological polar surface area (TPSA) is 74.6 Å². The summed E-state index contributed by atoms with van der Waals surface area (Å²) in [5.74, 6) is 0.922. The molecule has 0 radical (unpaired) electrons. The maximum absolute atomic E-state index is 11.6. The van der Waals surface area contributed by atoms with Gasteiger partial charge in [-0.1, -0.05) is 13.0 Å². The number of hydrogen-bond acceptors (Lipinski definition) is 3. The Morgan fingerprint density at radius 3 is 2.65 bits per heavy atom. The quantitative estimate of drug-likeness (QED) is 0.873. The van der Waals surface area contributed by atoms with Crippen LogP contribution in [0.25, 0.3) is 0 Å². The van der Waals surface area contributed by atoms with Crippen molar-refractivity contribution < 1.29 is 9.90 Å². The van der Waals surface area contributed by atoms with Crippen molar-refractivity contribution in [2.75, 3.05) is 24.5 Å². The summed E-state index contributed by atoms with van der Waals surface area (Å²) in [6.07, 6.45) is 0.825. The number of amides is 1. The second-order valence-corrected chi connectivity index (χ2v) is 5.74. The molecule has 1 amide bonds. The van der Waals surface area contributed by atoms with Gasteiger partial charge in [-0.25, -0.2) is 4.79 Å². The van der Waals surface area contributed by atoms with Crippen molar-refractivity contribution in [3.63, 3.8) is 0 Å². The third-order valence-corrected chi connectivity index (χ3v) is 4.12. The molecular weight excluding hydrogens is 258 g/mol. The third-order valence-electron chi connectivity index (χ3n) is 4.12. The van der Waals surface area contributed by atoms with E-state index in [0.29, 0.717) is 6.54 Å². The molecule has 20 heavy (non-hydrogen) atoms. The molecule has 2 rings (SSSR count). The van der Waals surface area contributed by atoms with Gasteiger partial charge in [-0.3, -0.25) is 9.36 Å². The molecule has 1 aromatic heterocycles. The van der Waals surface area contributed by atoms with Crippen LogP contribution in [0.15, 0.2) is 23.0 Å². The first-order valence-electron chi connectivity index (χ1n) is 6.79. The number of nitrogens with zero attached hydrogens (tertiary/aromatic N) is 2. The van der Waals surface area contributed by atoms with E-state index in [1.807, 2.05) is 6.07 Å². The smallest absolute Gasteiger partial charge is 0.404 e. The fourth-order valence-corrected chi connectivity index (χ4v) is 2.61. The van der Waals surface area contributed by atoms with E-state index in [4.69, 9.17) is 5.11 Å². The summed E-state index contributed by atoms with van der Waals surface area (Å²) in [6.45, 7) is 4.23. The van der Waals surface area contributed by atoms with Crippen molar-refractivity contribution in [3.8, 4) is 0 Å². The number of nitrogens with one attached hydrogen (secondary N) is 1. The van der Waals surface area contributed by atoms with E-state index in [0.717, 1.165) is 31.7 Å². The first-order valence-corrected chi connectivity index (χ1v) is 6.79. The lowest BCUT2D eigenvalue weighted by Gasteiger charge is -2.40.